The molecule has 0 saturated carbocycles. The first kappa shape index (κ1) is 17.3. The molecule has 9 heteroatoms. The Hall–Kier alpha value is -1.48. The third kappa shape index (κ3) is 2.95. The fourth-order valence-electron chi connectivity index (χ4n) is 2.40. The first-order valence-electron chi connectivity index (χ1n) is 6.97. The minimum absolute atomic E-state index is 0.0244. The lowest BCUT2D eigenvalue weighted by Crippen LogP contribution is -2.56. The van der Waals surface area contributed by atoms with E-state index in [1.54, 1.807) is 12.1 Å². The van der Waals surface area contributed by atoms with E-state index in [0.717, 1.165) is 16.4 Å². The summed E-state index contributed by atoms with van der Waals surface area (Å²) in [5.41, 5.74) is 0. The van der Waals surface area contributed by atoms with Gasteiger partial charge < -0.3 is 0 Å². The standard InChI is InChI=1S/C15H13ClFNO4S2/c16-14-3-1-2-4-15(14)24(21,22)18-9-13(10-18)23(19,20)12-7-5-11(17)6-8-12/h1-8,13H,9-10H2. The van der Waals surface area contributed by atoms with Gasteiger partial charge in [-0.1, -0.05) is 23.7 Å². The molecule has 1 heterocycles. The molecule has 2 aromatic carbocycles. The lowest BCUT2D eigenvalue weighted by atomic mass is 10.3. The molecule has 0 aromatic heterocycles. The molecule has 5 nitrogen and oxygen atoms in total. The van der Waals surface area contributed by atoms with Gasteiger partial charge in [-0.2, -0.15) is 4.31 Å². The van der Waals surface area contributed by atoms with Crippen LogP contribution in [0.3, 0.4) is 0 Å². The normalized spacial score (nSPS) is 16.8. The number of halogens is 2. The maximum absolute atomic E-state index is 12.9. The molecule has 0 atom stereocenters. The molecule has 1 aliphatic heterocycles. The summed E-state index contributed by atoms with van der Waals surface area (Å²) in [4.78, 5) is -0.0759. The zero-order chi connectivity index (χ0) is 17.5. The molecule has 1 aliphatic rings. The second kappa shape index (κ2) is 6.11. The van der Waals surface area contributed by atoms with E-state index >= 15 is 0 Å². The van der Waals surface area contributed by atoms with Crippen LogP contribution in [-0.2, 0) is 19.9 Å². The van der Waals surface area contributed by atoms with Crippen molar-refractivity contribution in [3.8, 4) is 0 Å². The SMILES string of the molecule is O=S(=O)(c1ccc(F)cc1)C1CN(S(=O)(=O)c2ccccc2Cl)C1. The first-order valence-corrected chi connectivity index (χ1v) is 10.3. The van der Waals surface area contributed by atoms with Crippen LogP contribution in [0.4, 0.5) is 4.39 Å². The Bertz CT molecular complexity index is 969. The van der Waals surface area contributed by atoms with Crippen LogP contribution in [0, 0.1) is 5.82 Å². The highest BCUT2D eigenvalue weighted by molar-refractivity contribution is 7.92. The smallest absolute Gasteiger partial charge is 0.223 e. The number of sulfone groups is 1. The predicted octanol–water partition coefficient (Wildman–Crippen LogP) is 2.33. The van der Waals surface area contributed by atoms with Crippen LogP contribution in [0.25, 0.3) is 0 Å². The van der Waals surface area contributed by atoms with E-state index in [0.29, 0.717) is 0 Å². The zero-order valence-electron chi connectivity index (χ0n) is 12.3. The first-order chi connectivity index (χ1) is 11.2. The monoisotopic (exact) mass is 389 g/mol. The van der Waals surface area contributed by atoms with Gasteiger partial charge in [-0.15, -0.1) is 0 Å². The Morgan fingerprint density at radius 1 is 0.958 bits per heavy atom. The molecule has 0 radical (unpaired) electrons. The van der Waals surface area contributed by atoms with Crippen molar-refractivity contribution < 1.29 is 21.2 Å². The molecule has 24 heavy (non-hydrogen) atoms. The van der Waals surface area contributed by atoms with Gasteiger partial charge >= 0.3 is 0 Å². The molecule has 1 saturated heterocycles. The second-order valence-corrected chi connectivity index (χ2v) is 9.92. The van der Waals surface area contributed by atoms with E-state index < -0.39 is 30.9 Å². The van der Waals surface area contributed by atoms with Crippen molar-refractivity contribution in [2.24, 2.45) is 0 Å². The van der Waals surface area contributed by atoms with Gasteiger partial charge in [-0.05, 0) is 36.4 Å². The van der Waals surface area contributed by atoms with Crippen LogP contribution in [0.2, 0.25) is 5.02 Å². The fourth-order valence-corrected chi connectivity index (χ4v) is 6.27. The number of rotatable bonds is 4. The van der Waals surface area contributed by atoms with Gasteiger partial charge in [0.1, 0.15) is 10.7 Å². The third-order valence-corrected chi connectivity index (χ3v) is 8.29. The minimum atomic E-state index is -3.84. The van der Waals surface area contributed by atoms with Crippen LogP contribution in [0.5, 0.6) is 0 Å². The maximum Gasteiger partial charge on any atom is 0.244 e. The largest absolute Gasteiger partial charge is 0.244 e. The lowest BCUT2D eigenvalue weighted by Gasteiger charge is -2.37. The topological polar surface area (TPSA) is 71.5 Å². The van der Waals surface area contributed by atoms with E-state index in [1.807, 2.05) is 0 Å². The van der Waals surface area contributed by atoms with Crippen LogP contribution >= 0.6 is 11.6 Å². The third-order valence-electron chi connectivity index (χ3n) is 3.85. The van der Waals surface area contributed by atoms with Crippen molar-refractivity contribution in [1.82, 2.24) is 4.31 Å². The summed E-state index contributed by atoms with van der Waals surface area (Å²) in [7, 11) is -7.55. The summed E-state index contributed by atoms with van der Waals surface area (Å²) in [5, 5.41) is -0.775. The van der Waals surface area contributed by atoms with Crippen molar-refractivity contribution in [2.75, 3.05) is 13.1 Å². The Morgan fingerprint density at radius 3 is 2.12 bits per heavy atom. The van der Waals surface area contributed by atoms with Gasteiger partial charge in [0.2, 0.25) is 10.0 Å². The van der Waals surface area contributed by atoms with E-state index in [1.165, 1.54) is 24.3 Å². The quantitative estimate of drug-likeness (QED) is 0.752. The van der Waals surface area contributed by atoms with Gasteiger partial charge in [0.05, 0.1) is 15.2 Å². The van der Waals surface area contributed by atoms with Crippen LogP contribution in [0.15, 0.2) is 58.3 Å². The van der Waals surface area contributed by atoms with Gasteiger partial charge in [0.15, 0.2) is 9.84 Å². The van der Waals surface area contributed by atoms with Crippen LogP contribution < -0.4 is 0 Å². The van der Waals surface area contributed by atoms with E-state index in [-0.39, 0.29) is 27.9 Å². The minimum Gasteiger partial charge on any atom is -0.223 e. The molecule has 2 aromatic rings. The highest BCUT2D eigenvalue weighted by Crippen LogP contribution is 2.31. The predicted molar refractivity (Wildman–Crippen MR) is 87.6 cm³/mol. The van der Waals surface area contributed by atoms with Crippen LogP contribution in [0.1, 0.15) is 0 Å². The van der Waals surface area contributed by atoms with E-state index in [2.05, 4.69) is 0 Å². The molecule has 0 unspecified atom stereocenters. The summed E-state index contributed by atoms with van der Waals surface area (Å²) in [5.74, 6) is -0.537. The molecule has 1 fully saturated rings. The molecule has 0 aliphatic carbocycles. The Morgan fingerprint density at radius 2 is 1.54 bits per heavy atom. The Balaban J connectivity index is 1.80. The van der Waals surface area contributed by atoms with E-state index in [4.69, 9.17) is 11.6 Å². The van der Waals surface area contributed by atoms with Crippen molar-refractivity contribution in [3.05, 3.63) is 59.4 Å². The molecule has 0 N–H and O–H groups in total. The van der Waals surface area contributed by atoms with Crippen molar-refractivity contribution in [3.63, 3.8) is 0 Å². The highest BCUT2D eigenvalue weighted by atomic mass is 35.5. The number of nitrogens with zero attached hydrogens (tertiary/aromatic N) is 1. The second-order valence-electron chi connectivity index (χ2n) is 5.37. The molecule has 3 rings (SSSR count). The average molecular weight is 390 g/mol. The summed E-state index contributed by atoms with van der Waals surface area (Å²) in [6, 6.07) is 10.5. The summed E-state index contributed by atoms with van der Waals surface area (Å²) in [6.07, 6.45) is 0. The average Bonchev–Trinajstić information content (AvgIpc) is 2.45. The number of hydrogen-bond acceptors (Lipinski definition) is 4. The van der Waals surface area contributed by atoms with E-state index in [9.17, 15) is 21.2 Å². The van der Waals surface area contributed by atoms with Crippen molar-refractivity contribution in [2.45, 2.75) is 15.0 Å². The van der Waals surface area contributed by atoms with Crippen LogP contribution in [-0.4, -0.2) is 39.5 Å². The molecule has 128 valence electrons. The molecular weight excluding hydrogens is 377 g/mol. The summed E-state index contributed by atoms with van der Waals surface area (Å²) >= 11 is 5.91. The van der Waals surface area contributed by atoms with Gasteiger partial charge in [0.25, 0.3) is 0 Å². The van der Waals surface area contributed by atoms with Gasteiger partial charge in [0, 0.05) is 13.1 Å². The number of benzene rings is 2. The van der Waals surface area contributed by atoms with Gasteiger partial charge in [-0.25, -0.2) is 21.2 Å². The highest BCUT2D eigenvalue weighted by Gasteiger charge is 2.44. The molecule has 0 amide bonds. The van der Waals surface area contributed by atoms with Crippen molar-refractivity contribution >= 4 is 31.5 Å². The summed E-state index contributed by atoms with van der Waals surface area (Å²) in [6.45, 7) is -0.319. The lowest BCUT2D eigenvalue weighted by molar-refractivity contribution is 0.309. The molecular formula is C15H13ClFNO4S2. The van der Waals surface area contributed by atoms with Gasteiger partial charge in [-0.3, -0.25) is 0 Å². The summed E-state index contributed by atoms with van der Waals surface area (Å²) < 4.78 is 63.8. The number of sulfonamides is 1. The zero-order valence-corrected chi connectivity index (χ0v) is 14.7. The number of hydrogen-bond donors (Lipinski definition) is 0. The fraction of sp³-hybridized carbons (Fsp3) is 0.200. The molecule has 0 spiro atoms. The maximum atomic E-state index is 12.9. The molecule has 0 bridgehead atoms. The van der Waals surface area contributed by atoms with Crippen molar-refractivity contribution in [1.29, 1.82) is 0 Å². The Labute approximate surface area is 144 Å². The Kier molecular flexibility index (Phi) is 4.41.